The van der Waals surface area contributed by atoms with Crippen molar-refractivity contribution in [1.82, 2.24) is 0 Å². The molecule has 0 amide bonds. The lowest BCUT2D eigenvalue weighted by Crippen LogP contribution is -2.22. The van der Waals surface area contributed by atoms with Crippen molar-refractivity contribution in [3.05, 3.63) is 29.6 Å². The molecule has 0 atom stereocenters. The van der Waals surface area contributed by atoms with Crippen molar-refractivity contribution < 1.29 is 9.18 Å². The zero-order valence-corrected chi connectivity index (χ0v) is 8.24. The molecule has 0 unspecified atom stereocenters. The third-order valence-electron chi connectivity index (χ3n) is 2.31. The van der Waals surface area contributed by atoms with Crippen molar-refractivity contribution in [1.29, 1.82) is 0 Å². The maximum absolute atomic E-state index is 13.4. The lowest BCUT2D eigenvalue weighted by molar-refractivity contribution is -0.114. The van der Waals surface area contributed by atoms with Crippen LogP contribution in [0.4, 0.5) is 4.39 Å². The Morgan fingerprint density at radius 3 is 2.69 bits per heavy atom. The second kappa shape index (κ2) is 2.58. The zero-order valence-electron chi connectivity index (χ0n) is 7.43. The highest BCUT2D eigenvalue weighted by molar-refractivity contribution is 8.14. The summed E-state index contributed by atoms with van der Waals surface area (Å²) in [6, 6.07) is 4.82. The van der Waals surface area contributed by atoms with Gasteiger partial charge < -0.3 is 0 Å². The van der Waals surface area contributed by atoms with Crippen molar-refractivity contribution in [2.75, 3.05) is 0 Å². The topological polar surface area (TPSA) is 17.1 Å². The lowest BCUT2D eigenvalue weighted by atomic mass is 9.86. The average Bonchev–Trinajstić information content (AvgIpc) is 2.24. The van der Waals surface area contributed by atoms with Crippen molar-refractivity contribution >= 4 is 16.9 Å². The molecule has 0 fully saturated rings. The van der Waals surface area contributed by atoms with Crippen LogP contribution in [0.15, 0.2) is 23.1 Å². The molecule has 1 aliphatic rings. The summed E-state index contributed by atoms with van der Waals surface area (Å²) in [6.07, 6.45) is 0. The highest BCUT2D eigenvalue weighted by Crippen LogP contribution is 2.45. The van der Waals surface area contributed by atoms with Crippen LogP contribution >= 0.6 is 11.8 Å². The zero-order chi connectivity index (χ0) is 9.64. The van der Waals surface area contributed by atoms with Crippen LogP contribution < -0.4 is 0 Å². The average molecular weight is 196 g/mol. The molecular formula is C10H9FOS. The first-order valence-electron chi connectivity index (χ1n) is 4.05. The van der Waals surface area contributed by atoms with Crippen LogP contribution in [0.1, 0.15) is 19.4 Å². The Kier molecular flexibility index (Phi) is 1.74. The number of carbonyl (C=O) groups excluding carboxylic acids is 1. The molecule has 0 saturated carbocycles. The van der Waals surface area contributed by atoms with Gasteiger partial charge in [-0.3, -0.25) is 4.79 Å². The number of carbonyl (C=O) groups is 1. The van der Waals surface area contributed by atoms with Gasteiger partial charge in [-0.1, -0.05) is 17.8 Å². The van der Waals surface area contributed by atoms with E-state index in [-0.39, 0.29) is 10.9 Å². The summed E-state index contributed by atoms with van der Waals surface area (Å²) in [5.74, 6) is -0.277. The SMILES string of the molecule is CC1(C)C(=O)Sc2cccc(F)c21. The third kappa shape index (κ3) is 1.10. The van der Waals surface area contributed by atoms with Gasteiger partial charge in [0.1, 0.15) is 5.82 Å². The van der Waals surface area contributed by atoms with Gasteiger partial charge in [0, 0.05) is 10.5 Å². The highest BCUT2D eigenvalue weighted by atomic mass is 32.2. The second-order valence-corrected chi connectivity index (χ2v) is 4.64. The van der Waals surface area contributed by atoms with E-state index in [2.05, 4.69) is 0 Å². The predicted molar refractivity (Wildman–Crippen MR) is 50.3 cm³/mol. The summed E-state index contributed by atoms with van der Waals surface area (Å²) in [7, 11) is 0. The first kappa shape index (κ1) is 8.75. The summed E-state index contributed by atoms with van der Waals surface area (Å²) < 4.78 is 13.4. The Bertz CT molecular complexity index is 385. The lowest BCUT2D eigenvalue weighted by Gasteiger charge is -2.15. The number of fused-ring (bicyclic) bond motifs is 1. The van der Waals surface area contributed by atoms with E-state index in [0.29, 0.717) is 5.56 Å². The molecule has 1 nitrogen and oxygen atoms in total. The van der Waals surface area contributed by atoms with Gasteiger partial charge in [0.2, 0.25) is 5.12 Å². The largest absolute Gasteiger partial charge is 0.286 e. The molecule has 1 heterocycles. The molecule has 3 heteroatoms. The van der Waals surface area contributed by atoms with Crippen LogP contribution in [0, 0.1) is 5.82 Å². The van der Waals surface area contributed by atoms with Crippen LogP contribution in [0.5, 0.6) is 0 Å². The molecule has 0 N–H and O–H groups in total. The van der Waals surface area contributed by atoms with Crippen LogP contribution in [-0.2, 0) is 10.2 Å². The Hall–Kier alpha value is -0.830. The molecule has 1 aliphatic heterocycles. The molecule has 0 radical (unpaired) electrons. The molecule has 0 aromatic heterocycles. The Labute approximate surface area is 80.3 Å². The van der Waals surface area contributed by atoms with E-state index in [9.17, 15) is 9.18 Å². The van der Waals surface area contributed by atoms with Crippen molar-refractivity contribution in [2.24, 2.45) is 0 Å². The van der Waals surface area contributed by atoms with E-state index in [1.165, 1.54) is 6.07 Å². The number of hydrogen-bond acceptors (Lipinski definition) is 2. The first-order chi connectivity index (χ1) is 6.03. The van der Waals surface area contributed by atoms with Gasteiger partial charge in [-0.05, 0) is 26.0 Å². The molecule has 0 aliphatic carbocycles. The van der Waals surface area contributed by atoms with Gasteiger partial charge in [-0.2, -0.15) is 0 Å². The smallest absolute Gasteiger partial charge is 0.203 e. The summed E-state index contributed by atoms with van der Waals surface area (Å²) in [5, 5.41) is 0.0209. The van der Waals surface area contributed by atoms with E-state index in [1.807, 2.05) is 0 Å². The molecule has 68 valence electrons. The first-order valence-corrected chi connectivity index (χ1v) is 4.86. The minimum absolute atomic E-state index is 0.0209. The van der Waals surface area contributed by atoms with Gasteiger partial charge in [0.15, 0.2) is 0 Å². The fourth-order valence-electron chi connectivity index (χ4n) is 1.53. The van der Waals surface area contributed by atoms with E-state index in [1.54, 1.807) is 26.0 Å². The summed E-state index contributed by atoms with van der Waals surface area (Å²) in [4.78, 5) is 12.3. The van der Waals surface area contributed by atoms with Crippen LogP contribution in [0.25, 0.3) is 0 Å². The van der Waals surface area contributed by atoms with Gasteiger partial charge in [0.25, 0.3) is 0 Å². The Balaban J connectivity index is 2.70. The number of thioether (sulfide) groups is 1. The van der Waals surface area contributed by atoms with Crippen molar-refractivity contribution in [2.45, 2.75) is 24.2 Å². The highest BCUT2D eigenvalue weighted by Gasteiger charge is 2.41. The molecule has 0 bridgehead atoms. The maximum atomic E-state index is 13.4. The quantitative estimate of drug-likeness (QED) is 0.634. The minimum atomic E-state index is -0.675. The number of rotatable bonds is 0. The number of halogens is 1. The standard InChI is InChI=1S/C10H9FOS/c1-10(2)8-6(11)4-3-5-7(8)13-9(10)12/h3-5H,1-2H3. The second-order valence-electron chi connectivity index (χ2n) is 3.63. The van der Waals surface area contributed by atoms with E-state index in [4.69, 9.17) is 0 Å². The van der Waals surface area contributed by atoms with Crippen molar-refractivity contribution in [3.63, 3.8) is 0 Å². The van der Waals surface area contributed by atoms with E-state index >= 15 is 0 Å². The van der Waals surface area contributed by atoms with Gasteiger partial charge in [0.05, 0.1) is 5.41 Å². The molecule has 0 saturated heterocycles. The minimum Gasteiger partial charge on any atom is -0.286 e. The van der Waals surface area contributed by atoms with Gasteiger partial charge in [-0.25, -0.2) is 4.39 Å². The molecular weight excluding hydrogens is 187 g/mol. The Morgan fingerprint density at radius 2 is 2.08 bits per heavy atom. The summed E-state index contributed by atoms with van der Waals surface area (Å²) in [5.41, 5.74) is -0.129. The monoisotopic (exact) mass is 196 g/mol. The van der Waals surface area contributed by atoms with E-state index < -0.39 is 5.41 Å². The van der Waals surface area contributed by atoms with Gasteiger partial charge in [-0.15, -0.1) is 0 Å². The van der Waals surface area contributed by atoms with Gasteiger partial charge >= 0.3 is 0 Å². The predicted octanol–water partition coefficient (Wildman–Crippen LogP) is 2.74. The summed E-state index contributed by atoms with van der Waals surface area (Å²) >= 11 is 1.13. The number of benzene rings is 1. The molecule has 1 aromatic carbocycles. The molecule has 2 rings (SSSR count). The fourth-order valence-corrected chi connectivity index (χ4v) is 2.68. The molecule has 13 heavy (non-hydrogen) atoms. The molecule has 1 aromatic rings. The third-order valence-corrected chi connectivity index (χ3v) is 3.57. The Morgan fingerprint density at radius 1 is 1.38 bits per heavy atom. The van der Waals surface area contributed by atoms with Crippen LogP contribution in [-0.4, -0.2) is 5.12 Å². The maximum Gasteiger partial charge on any atom is 0.203 e. The van der Waals surface area contributed by atoms with Crippen LogP contribution in [0.3, 0.4) is 0 Å². The normalized spacial score (nSPS) is 18.8. The molecule has 0 spiro atoms. The summed E-state index contributed by atoms with van der Waals surface area (Å²) in [6.45, 7) is 3.52. The van der Waals surface area contributed by atoms with E-state index in [0.717, 1.165) is 16.7 Å². The van der Waals surface area contributed by atoms with Crippen LogP contribution in [0.2, 0.25) is 0 Å². The van der Waals surface area contributed by atoms with Crippen molar-refractivity contribution in [3.8, 4) is 0 Å². The number of hydrogen-bond donors (Lipinski definition) is 0. The fraction of sp³-hybridized carbons (Fsp3) is 0.300.